The first-order valence-corrected chi connectivity index (χ1v) is 12.8. The molecule has 3 aromatic rings. The van der Waals surface area contributed by atoms with Crippen LogP contribution in [-0.4, -0.2) is 83.0 Å². The summed E-state index contributed by atoms with van der Waals surface area (Å²) in [6.45, 7) is 8.63. The molecule has 2 N–H and O–H groups in total. The maximum absolute atomic E-state index is 12.2. The van der Waals surface area contributed by atoms with Crippen molar-refractivity contribution < 1.29 is 19.2 Å². The zero-order valence-electron chi connectivity index (χ0n) is 21.8. The third-order valence-corrected chi connectivity index (χ3v) is 7.16. The van der Waals surface area contributed by atoms with Crippen LogP contribution in [0.4, 0.5) is 5.82 Å². The molecule has 1 amide bonds. The van der Waals surface area contributed by atoms with Gasteiger partial charge < -0.3 is 29.5 Å². The van der Waals surface area contributed by atoms with E-state index in [0.717, 1.165) is 46.9 Å². The van der Waals surface area contributed by atoms with E-state index in [4.69, 9.17) is 19.2 Å². The number of aromatic nitrogens is 3. The first kappa shape index (κ1) is 25.2. The summed E-state index contributed by atoms with van der Waals surface area (Å²) in [5, 5.41) is 17.1. The Bertz CT molecular complexity index is 1270. The Morgan fingerprint density at radius 2 is 2.08 bits per heavy atom. The lowest BCUT2D eigenvalue weighted by molar-refractivity contribution is -0.129. The van der Waals surface area contributed by atoms with Crippen LogP contribution in [0.15, 0.2) is 28.8 Å². The van der Waals surface area contributed by atoms with Crippen molar-refractivity contribution in [3.63, 3.8) is 0 Å². The number of benzene rings is 1. The van der Waals surface area contributed by atoms with Crippen molar-refractivity contribution in [2.24, 2.45) is 0 Å². The first-order valence-electron chi connectivity index (χ1n) is 12.8. The number of carbonyl (C=O) groups is 1. The van der Waals surface area contributed by atoms with Crippen molar-refractivity contribution in [2.75, 3.05) is 44.7 Å². The molecule has 1 unspecified atom stereocenters. The normalized spacial score (nSPS) is 18.3. The molecule has 0 saturated carbocycles. The van der Waals surface area contributed by atoms with Crippen molar-refractivity contribution in [2.45, 2.75) is 45.8 Å². The fraction of sp³-hybridized carbons (Fsp3) is 0.481. The lowest BCUT2D eigenvalue weighted by atomic mass is 10.0. The Balaban J connectivity index is 1.53. The maximum atomic E-state index is 12.2. The van der Waals surface area contributed by atoms with Crippen LogP contribution in [0.3, 0.4) is 0 Å². The molecule has 2 fully saturated rings. The molecule has 37 heavy (non-hydrogen) atoms. The van der Waals surface area contributed by atoms with Gasteiger partial charge in [-0.2, -0.15) is 0 Å². The molecule has 2 saturated heterocycles. The van der Waals surface area contributed by atoms with E-state index in [1.54, 1.807) is 7.05 Å². The fourth-order valence-electron chi connectivity index (χ4n) is 5.27. The Morgan fingerprint density at radius 1 is 1.24 bits per heavy atom. The SMILES string of the molecule is CNCC(O)COc1cccc(-c2nc(-c3c(C)noc3C)c(C)c(N3CCN4C(=O)CC[C@@H]4C3)n2)c1. The van der Waals surface area contributed by atoms with Crippen LogP contribution in [0.1, 0.15) is 29.9 Å². The van der Waals surface area contributed by atoms with Crippen LogP contribution in [-0.2, 0) is 4.79 Å². The number of amides is 1. The molecule has 10 heteroatoms. The summed E-state index contributed by atoms with van der Waals surface area (Å²) >= 11 is 0. The Labute approximate surface area is 216 Å². The monoisotopic (exact) mass is 506 g/mol. The topological polar surface area (TPSA) is 117 Å². The van der Waals surface area contributed by atoms with E-state index < -0.39 is 6.10 Å². The van der Waals surface area contributed by atoms with Gasteiger partial charge in [-0.25, -0.2) is 9.97 Å². The van der Waals surface area contributed by atoms with Crippen LogP contribution in [0.5, 0.6) is 5.75 Å². The first-order chi connectivity index (χ1) is 17.9. The van der Waals surface area contributed by atoms with E-state index >= 15 is 0 Å². The van der Waals surface area contributed by atoms with Crippen molar-refractivity contribution in [1.82, 2.24) is 25.3 Å². The van der Waals surface area contributed by atoms with E-state index in [-0.39, 0.29) is 18.6 Å². The Hall–Kier alpha value is -3.50. The minimum atomic E-state index is -0.608. The average molecular weight is 507 g/mol. The molecule has 2 aliphatic rings. The lowest BCUT2D eigenvalue weighted by Gasteiger charge is -2.39. The summed E-state index contributed by atoms with van der Waals surface area (Å²) in [5.74, 6) is 3.02. The van der Waals surface area contributed by atoms with E-state index in [0.29, 0.717) is 43.4 Å². The molecule has 0 spiro atoms. The number of carbonyl (C=O) groups excluding carboxylic acids is 1. The predicted octanol–water partition coefficient (Wildman–Crippen LogP) is 2.49. The van der Waals surface area contributed by atoms with Crippen molar-refractivity contribution in [1.29, 1.82) is 0 Å². The number of likely N-dealkylation sites (N-methyl/N-ethyl adjacent to an activating group) is 1. The number of hydrogen-bond donors (Lipinski definition) is 2. The molecule has 2 aromatic heterocycles. The second kappa shape index (κ2) is 10.5. The molecule has 196 valence electrons. The summed E-state index contributed by atoms with van der Waals surface area (Å²) in [5.41, 5.74) is 4.21. The summed E-state index contributed by atoms with van der Waals surface area (Å²) < 4.78 is 11.3. The van der Waals surface area contributed by atoms with Crippen LogP contribution < -0.4 is 15.0 Å². The number of nitrogens with one attached hydrogen (secondary N) is 1. The Kier molecular flexibility index (Phi) is 7.12. The van der Waals surface area contributed by atoms with Gasteiger partial charge in [0, 0.05) is 49.8 Å². The highest BCUT2D eigenvalue weighted by Gasteiger charge is 2.36. The highest BCUT2D eigenvalue weighted by molar-refractivity contribution is 5.80. The fourth-order valence-corrected chi connectivity index (χ4v) is 5.27. The second-order valence-electron chi connectivity index (χ2n) is 9.82. The van der Waals surface area contributed by atoms with E-state index in [1.807, 2.05) is 49.9 Å². The molecule has 2 aliphatic heterocycles. The maximum Gasteiger partial charge on any atom is 0.223 e. The quantitative estimate of drug-likeness (QED) is 0.475. The number of ether oxygens (including phenoxy) is 1. The molecule has 10 nitrogen and oxygen atoms in total. The van der Waals surface area contributed by atoms with Gasteiger partial charge in [0.05, 0.1) is 17.0 Å². The van der Waals surface area contributed by atoms with Gasteiger partial charge in [-0.05, 0) is 46.4 Å². The van der Waals surface area contributed by atoms with Gasteiger partial charge in [0.25, 0.3) is 0 Å². The van der Waals surface area contributed by atoms with Gasteiger partial charge >= 0.3 is 0 Å². The predicted molar refractivity (Wildman–Crippen MR) is 140 cm³/mol. The summed E-state index contributed by atoms with van der Waals surface area (Å²) in [7, 11) is 1.79. The number of fused-ring (bicyclic) bond motifs is 1. The number of aryl methyl sites for hydroxylation is 2. The number of aliphatic hydroxyl groups is 1. The molecular formula is C27H34N6O4. The van der Waals surface area contributed by atoms with E-state index in [1.165, 1.54) is 0 Å². The van der Waals surface area contributed by atoms with Crippen molar-refractivity contribution in [3.05, 3.63) is 41.3 Å². The van der Waals surface area contributed by atoms with Crippen molar-refractivity contribution in [3.8, 4) is 28.4 Å². The van der Waals surface area contributed by atoms with Gasteiger partial charge in [-0.15, -0.1) is 0 Å². The number of anilines is 1. The zero-order valence-corrected chi connectivity index (χ0v) is 21.8. The van der Waals surface area contributed by atoms with Gasteiger partial charge in [0.15, 0.2) is 5.82 Å². The number of hydrogen-bond acceptors (Lipinski definition) is 9. The summed E-state index contributed by atoms with van der Waals surface area (Å²) in [6, 6.07) is 7.82. The molecule has 0 bridgehead atoms. The minimum absolute atomic E-state index is 0.180. The van der Waals surface area contributed by atoms with Crippen LogP contribution >= 0.6 is 0 Å². The lowest BCUT2D eigenvalue weighted by Crippen LogP contribution is -2.52. The number of aliphatic hydroxyl groups excluding tert-OH is 1. The number of piperazine rings is 1. The highest BCUT2D eigenvalue weighted by Crippen LogP contribution is 2.36. The van der Waals surface area contributed by atoms with Crippen molar-refractivity contribution >= 4 is 11.7 Å². The Morgan fingerprint density at radius 3 is 2.84 bits per heavy atom. The third-order valence-electron chi connectivity index (χ3n) is 7.16. The number of rotatable bonds is 8. The van der Waals surface area contributed by atoms with Gasteiger partial charge in [-0.3, -0.25) is 4.79 Å². The van der Waals surface area contributed by atoms with Gasteiger partial charge in [0.2, 0.25) is 5.91 Å². The number of nitrogens with zero attached hydrogens (tertiary/aromatic N) is 5. The largest absolute Gasteiger partial charge is 0.491 e. The van der Waals surface area contributed by atoms with Crippen LogP contribution in [0, 0.1) is 20.8 Å². The molecule has 0 radical (unpaired) electrons. The molecule has 1 aromatic carbocycles. The summed E-state index contributed by atoms with van der Waals surface area (Å²) in [4.78, 5) is 26.5. The highest BCUT2D eigenvalue weighted by atomic mass is 16.5. The van der Waals surface area contributed by atoms with Gasteiger partial charge in [-0.1, -0.05) is 17.3 Å². The standard InChI is InChI=1S/C27H34N6O4/c1-16-25(24-17(2)31-37-18(24)3)29-26(19-6-5-7-22(12-19)36-15-21(34)13-28-4)30-27(16)32-10-11-33-20(14-32)8-9-23(33)35/h5-7,12,20-21,28,34H,8-11,13-15H2,1-4H3/t20-,21?/m1/s1. The smallest absolute Gasteiger partial charge is 0.223 e. The van der Waals surface area contributed by atoms with E-state index in [2.05, 4.69) is 15.4 Å². The zero-order chi connectivity index (χ0) is 26.1. The molecule has 5 rings (SSSR count). The van der Waals surface area contributed by atoms with Crippen LogP contribution in [0.2, 0.25) is 0 Å². The average Bonchev–Trinajstić information content (AvgIpc) is 3.44. The third kappa shape index (κ3) is 5.03. The summed E-state index contributed by atoms with van der Waals surface area (Å²) in [6.07, 6.45) is 0.886. The van der Waals surface area contributed by atoms with Gasteiger partial charge in [0.1, 0.15) is 30.0 Å². The molecular weight excluding hydrogens is 472 g/mol. The molecule has 2 atom stereocenters. The molecule has 0 aliphatic carbocycles. The molecule has 4 heterocycles. The minimum Gasteiger partial charge on any atom is -0.491 e. The van der Waals surface area contributed by atoms with Crippen LogP contribution in [0.25, 0.3) is 22.6 Å². The second-order valence-corrected chi connectivity index (χ2v) is 9.82. The van der Waals surface area contributed by atoms with E-state index in [9.17, 15) is 9.90 Å².